The first kappa shape index (κ1) is 37.2. The lowest BCUT2D eigenvalue weighted by Crippen LogP contribution is -2.33. The molecule has 10 heteroatoms. The van der Waals surface area contributed by atoms with Crippen molar-refractivity contribution in [2.45, 2.75) is 65.6 Å². The number of nitrogens with one attached hydrogen (secondary N) is 2. The molecule has 0 saturated heterocycles. The average molecular weight is 661 g/mol. The third-order valence-corrected chi connectivity index (χ3v) is 8.00. The van der Waals surface area contributed by atoms with Crippen molar-refractivity contribution >= 4 is 30.1 Å². The molecular formula is C38H39F3N2O5. The average Bonchev–Trinajstić information content (AvgIpc) is 3.08. The van der Waals surface area contributed by atoms with Gasteiger partial charge in [-0.1, -0.05) is 51.6 Å². The van der Waals surface area contributed by atoms with Crippen molar-refractivity contribution in [1.82, 2.24) is 5.32 Å². The van der Waals surface area contributed by atoms with Crippen molar-refractivity contribution in [3.8, 4) is 16.9 Å². The Balaban J connectivity index is 1.82. The van der Waals surface area contributed by atoms with Gasteiger partial charge in [0.25, 0.3) is 5.91 Å². The first-order valence-electron chi connectivity index (χ1n) is 15.5. The van der Waals surface area contributed by atoms with Crippen LogP contribution in [0.15, 0.2) is 96.3 Å². The van der Waals surface area contributed by atoms with Crippen LogP contribution in [0.2, 0.25) is 0 Å². The molecule has 2 atom stereocenters. The minimum absolute atomic E-state index is 0.00323. The molecule has 0 bridgehead atoms. The molecule has 0 aromatic heterocycles. The molecule has 48 heavy (non-hydrogen) atoms. The van der Waals surface area contributed by atoms with Crippen molar-refractivity contribution in [2.24, 2.45) is 0 Å². The van der Waals surface area contributed by atoms with Gasteiger partial charge in [0, 0.05) is 28.4 Å². The van der Waals surface area contributed by atoms with Crippen LogP contribution in [0.5, 0.6) is 5.75 Å². The van der Waals surface area contributed by atoms with Gasteiger partial charge in [0.2, 0.25) is 5.91 Å². The highest BCUT2D eigenvalue weighted by molar-refractivity contribution is 6.09. The van der Waals surface area contributed by atoms with E-state index >= 15 is 0 Å². The SMILES string of the molecule is C=C/C(=C\C(C=O)=C(/C)C(=O)NC(C)CC)Oc1ccc(C(=O)Nc2ccc(-c3ccc(C(C)CC)cc3C(F)(F)F)cc2)c(C=O)c1. The highest BCUT2D eigenvalue weighted by atomic mass is 19.4. The van der Waals surface area contributed by atoms with E-state index in [1.165, 1.54) is 73.7 Å². The summed E-state index contributed by atoms with van der Waals surface area (Å²) in [4.78, 5) is 49.3. The smallest absolute Gasteiger partial charge is 0.417 e. The Kier molecular flexibility index (Phi) is 12.8. The zero-order valence-electron chi connectivity index (χ0n) is 27.5. The molecule has 2 unspecified atom stereocenters. The number of rotatable bonds is 14. The summed E-state index contributed by atoms with van der Waals surface area (Å²) in [6.45, 7) is 12.7. The second kappa shape index (κ2) is 16.5. The first-order chi connectivity index (χ1) is 22.8. The Bertz CT molecular complexity index is 1740. The van der Waals surface area contributed by atoms with E-state index in [1.54, 1.807) is 6.07 Å². The summed E-state index contributed by atoms with van der Waals surface area (Å²) in [6.07, 6.45) is 0.535. The lowest BCUT2D eigenvalue weighted by molar-refractivity contribution is -0.137. The fourth-order valence-electron chi connectivity index (χ4n) is 4.65. The number of carbonyl (C=O) groups excluding carboxylic acids is 4. The van der Waals surface area contributed by atoms with Crippen LogP contribution in [-0.2, 0) is 15.8 Å². The Hall–Kier alpha value is -5.25. The van der Waals surface area contributed by atoms with Crippen LogP contribution in [0.4, 0.5) is 18.9 Å². The molecule has 3 aromatic rings. The topological polar surface area (TPSA) is 102 Å². The van der Waals surface area contributed by atoms with Crippen molar-refractivity contribution in [2.75, 3.05) is 5.32 Å². The highest BCUT2D eigenvalue weighted by Crippen LogP contribution is 2.39. The molecule has 0 aliphatic heterocycles. The molecule has 7 nitrogen and oxygen atoms in total. The van der Waals surface area contributed by atoms with Gasteiger partial charge in [0.1, 0.15) is 11.5 Å². The summed E-state index contributed by atoms with van der Waals surface area (Å²) in [6, 6.07) is 14.4. The first-order valence-corrected chi connectivity index (χ1v) is 15.5. The highest BCUT2D eigenvalue weighted by Gasteiger charge is 2.34. The van der Waals surface area contributed by atoms with Gasteiger partial charge in [-0.15, -0.1) is 0 Å². The summed E-state index contributed by atoms with van der Waals surface area (Å²) in [7, 11) is 0. The van der Waals surface area contributed by atoms with Crippen LogP contribution in [0.1, 0.15) is 85.2 Å². The minimum Gasteiger partial charge on any atom is -0.457 e. The quantitative estimate of drug-likeness (QED) is 0.0779. The van der Waals surface area contributed by atoms with Crippen LogP contribution in [0, 0.1) is 0 Å². The van der Waals surface area contributed by atoms with Crippen molar-refractivity contribution in [1.29, 1.82) is 0 Å². The summed E-state index contributed by atoms with van der Waals surface area (Å²) in [5.41, 5.74) is 0.816. The number of anilines is 1. The molecular weight excluding hydrogens is 621 g/mol. The summed E-state index contributed by atoms with van der Waals surface area (Å²) < 4.78 is 47.7. The normalized spacial score (nSPS) is 13.5. The lowest BCUT2D eigenvalue weighted by atomic mass is 9.91. The number of benzene rings is 3. The van der Waals surface area contributed by atoms with Crippen LogP contribution < -0.4 is 15.4 Å². The van der Waals surface area contributed by atoms with Gasteiger partial charge < -0.3 is 15.4 Å². The number of allylic oxidation sites excluding steroid dienone is 3. The molecule has 2 N–H and O–H groups in total. The van der Waals surface area contributed by atoms with E-state index in [0.29, 0.717) is 42.2 Å². The summed E-state index contributed by atoms with van der Waals surface area (Å²) >= 11 is 0. The summed E-state index contributed by atoms with van der Waals surface area (Å²) in [5, 5.41) is 5.45. The van der Waals surface area contributed by atoms with Gasteiger partial charge in [-0.2, -0.15) is 13.2 Å². The van der Waals surface area contributed by atoms with Crippen LogP contribution in [-0.4, -0.2) is 30.4 Å². The van der Waals surface area contributed by atoms with E-state index in [2.05, 4.69) is 17.2 Å². The number of carbonyl (C=O) groups is 4. The van der Waals surface area contributed by atoms with Gasteiger partial charge >= 0.3 is 6.18 Å². The zero-order chi connectivity index (χ0) is 35.6. The number of halogens is 3. The van der Waals surface area contributed by atoms with Crippen LogP contribution in [0.3, 0.4) is 0 Å². The second-order valence-electron chi connectivity index (χ2n) is 11.3. The predicted molar refractivity (Wildman–Crippen MR) is 181 cm³/mol. The second-order valence-corrected chi connectivity index (χ2v) is 11.3. The van der Waals surface area contributed by atoms with E-state index in [1.807, 2.05) is 27.7 Å². The molecule has 0 spiro atoms. The maximum Gasteiger partial charge on any atom is 0.417 e. The third kappa shape index (κ3) is 9.40. The predicted octanol–water partition coefficient (Wildman–Crippen LogP) is 8.83. The van der Waals surface area contributed by atoms with Crippen molar-refractivity contribution in [3.63, 3.8) is 0 Å². The molecule has 252 valence electrons. The van der Waals surface area contributed by atoms with Crippen molar-refractivity contribution < 1.29 is 37.1 Å². The van der Waals surface area contributed by atoms with E-state index in [4.69, 9.17) is 4.74 Å². The molecule has 3 aromatic carbocycles. The number of hydrogen-bond acceptors (Lipinski definition) is 5. The molecule has 2 amide bonds. The number of ether oxygens (including phenoxy) is 1. The molecule has 0 heterocycles. The van der Waals surface area contributed by atoms with E-state index < -0.39 is 23.6 Å². The van der Waals surface area contributed by atoms with Gasteiger partial charge in [-0.05, 0) is 97.8 Å². The Morgan fingerprint density at radius 1 is 0.958 bits per heavy atom. The molecule has 0 saturated carbocycles. The third-order valence-electron chi connectivity index (χ3n) is 8.00. The number of aldehydes is 2. The van der Waals surface area contributed by atoms with Crippen LogP contribution >= 0.6 is 0 Å². The Morgan fingerprint density at radius 3 is 2.21 bits per heavy atom. The fourth-order valence-corrected chi connectivity index (χ4v) is 4.65. The van der Waals surface area contributed by atoms with E-state index in [0.717, 1.165) is 0 Å². The molecule has 0 radical (unpaired) electrons. The van der Waals surface area contributed by atoms with Crippen LogP contribution in [0.25, 0.3) is 11.1 Å². The standard InChI is InChI=1S/C38H39F3N2O5/c1-7-23(4)27-12-16-33(35(20-27)38(39,40)41)26-10-13-30(14-11-26)43-37(47)34-17-15-32(19-29(34)22-45)48-31(9-3)18-28(21-44)25(6)36(46)42-24(5)8-2/h9-24H,3,7-8H2,1-2,4-6H3,(H,42,46)(H,43,47)/b28-25-,31-18+. The lowest BCUT2D eigenvalue weighted by Gasteiger charge is -2.17. The van der Waals surface area contributed by atoms with Gasteiger partial charge in [-0.25, -0.2) is 0 Å². The Labute approximate surface area is 278 Å². The molecule has 0 aliphatic carbocycles. The minimum atomic E-state index is -4.55. The molecule has 0 fully saturated rings. The summed E-state index contributed by atoms with van der Waals surface area (Å²) in [5.74, 6) is -0.771. The zero-order valence-corrected chi connectivity index (χ0v) is 27.5. The number of alkyl halides is 3. The fraction of sp³-hybridized carbons (Fsp3) is 0.263. The Morgan fingerprint density at radius 2 is 1.65 bits per heavy atom. The maximum atomic E-state index is 14.0. The number of amides is 2. The largest absolute Gasteiger partial charge is 0.457 e. The van der Waals surface area contributed by atoms with Gasteiger partial charge in [0.05, 0.1) is 11.1 Å². The van der Waals surface area contributed by atoms with Gasteiger partial charge in [0.15, 0.2) is 12.6 Å². The monoisotopic (exact) mass is 660 g/mol. The molecule has 0 aliphatic rings. The van der Waals surface area contributed by atoms with E-state index in [9.17, 15) is 32.3 Å². The maximum absolute atomic E-state index is 14.0. The van der Waals surface area contributed by atoms with E-state index in [-0.39, 0.29) is 51.3 Å². The number of hydrogen-bond donors (Lipinski definition) is 2. The van der Waals surface area contributed by atoms with Crippen molar-refractivity contribution in [3.05, 3.63) is 119 Å². The molecule has 3 rings (SSSR count). The van der Waals surface area contributed by atoms with Gasteiger partial charge in [-0.3, -0.25) is 19.2 Å².